The molecule has 0 atom stereocenters. The van der Waals surface area contributed by atoms with Crippen molar-refractivity contribution in [2.45, 2.75) is 20.8 Å². The number of nitrogen functional groups attached to an aromatic ring is 1. The lowest BCUT2D eigenvalue weighted by Gasteiger charge is -2.17. The highest BCUT2D eigenvalue weighted by atomic mass is 35.5. The van der Waals surface area contributed by atoms with E-state index in [1.54, 1.807) is 6.92 Å². The third-order valence-corrected chi connectivity index (χ3v) is 2.32. The number of hydrogen-bond donors (Lipinski definition) is 2. The van der Waals surface area contributed by atoms with Crippen molar-refractivity contribution in [3.63, 3.8) is 0 Å². The SMILES string of the molecule is CCOc1nc(N)[n+]([O-])c(NCC(C)C)c1Cl. The fourth-order valence-corrected chi connectivity index (χ4v) is 1.43. The number of nitrogens with one attached hydrogen (secondary N) is 1. The molecule has 1 aromatic rings. The summed E-state index contributed by atoms with van der Waals surface area (Å²) in [6.45, 7) is 6.84. The van der Waals surface area contributed by atoms with Crippen LogP contribution >= 0.6 is 11.6 Å². The molecule has 0 aliphatic heterocycles. The number of ether oxygens (including phenoxy) is 1. The average molecular weight is 261 g/mol. The topological polar surface area (TPSA) is 87.1 Å². The maximum atomic E-state index is 11.7. The van der Waals surface area contributed by atoms with Gasteiger partial charge in [0.2, 0.25) is 5.82 Å². The van der Waals surface area contributed by atoms with E-state index in [0.29, 0.717) is 23.8 Å². The zero-order valence-corrected chi connectivity index (χ0v) is 10.9. The summed E-state index contributed by atoms with van der Waals surface area (Å²) in [6.07, 6.45) is 0. The van der Waals surface area contributed by atoms with Crippen molar-refractivity contribution in [1.29, 1.82) is 0 Å². The van der Waals surface area contributed by atoms with E-state index in [2.05, 4.69) is 10.3 Å². The number of halogens is 1. The van der Waals surface area contributed by atoms with Crippen molar-refractivity contribution >= 4 is 23.4 Å². The Labute approximate surface area is 105 Å². The molecule has 0 aliphatic carbocycles. The smallest absolute Gasteiger partial charge is 0.347 e. The summed E-state index contributed by atoms with van der Waals surface area (Å²) in [5.74, 6) is 0.529. The van der Waals surface area contributed by atoms with E-state index >= 15 is 0 Å². The summed E-state index contributed by atoms with van der Waals surface area (Å²) in [5.41, 5.74) is 5.49. The fraction of sp³-hybridized carbons (Fsp3) is 0.600. The predicted octanol–water partition coefficient (Wildman–Crippen LogP) is 1.42. The Morgan fingerprint density at radius 2 is 2.24 bits per heavy atom. The van der Waals surface area contributed by atoms with Gasteiger partial charge in [0.1, 0.15) is 0 Å². The molecule has 0 aromatic carbocycles. The van der Waals surface area contributed by atoms with Gasteiger partial charge in [-0.3, -0.25) is 0 Å². The Bertz CT molecular complexity index is 398. The molecule has 0 bridgehead atoms. The minimum Gasteiger partial charge on any atom is -0.754 e. The number of aromatic nitrogens is 2. The van der Waals surface area contributed by atoms with Crippen molar-refractivity contribution in [2.75, 3.05) is 24.2 Å². The molecule has 0 saturated carbocycles. The zero-order valence-electron chi connectivity index (χ0n) is 10.2. The van der Waals surface area contributed by atoms with Gasteiger partial charge in [0.05, 0.1) is 13.2 Å². The normalized spacial score (nSPS) is 10.6. The van der Waals surface area contributed by atoms with Gasteiger partial charge in [-0.05, 0) is 12.8 Å². The van der Waals surface area contributed by atoms with E-state index < -0.39 is 0 Å². The van der Waals surface area contributed by atoms with Crippen LogP contribution in [0.5, 0.6) is 5.88 Å². The second-order valence-corrected chi connectivity index (χ2v) is 4.32. The maximum Gasteiger partial charge on any atom is 0.347 e. The molecule has 0 unspecified atom stereocenters. The predicted molar refractivity (Wildman–Crippen MR) is 67.1 cm³/mol. The lowest BCUT2D eigenvalue weighted by Crippen LogP contribution is -2.37. The van der Waals surface area contributed by atoms with Gasteiger partial charge in [0, 0.05) is 0 Å². The standard InChI is InChI=1S/C10H17ClN4O2/c1-4-17-9-7(11)8(13-5-6(2)3)15(16)10(12)14-9/h6,13H,4-5H2,1-3H3,(H2,12,14). The Morgan fingerprint density at radius 1 is 1.59 bits per heavy atom. The quantitative estimate of drug-likeness (QED) is 0.618. The van der Waals surface area contributed by atoms with Crippen LogP contribution in [0.3, 0.4) is 0 Å². The van der Waals surface area contributed by atoms with Crippen LogP contribution in [0.25, 0.3) is 0 Å². The average Bonchev–Trinajstić information content (AvgIpc) is 2.26. The number of anilines is 2. The first-order chi connectivity index (χ1) is 7.97. The van der Waals surface area contributed by atoms with E-state index in [-0.39, 0.29) is 22.7 Å². The zero-order chi connectivity index (χ0) is 13.0. The molecule has 0 amide bonds. The van der Waals surface area contributed by atoms with Crippen LogP contribution in [0, 0.1) is 11.1 Å². The molecule has 6 nitrogen and oxygen atoms in total. The fourth-order valence-electron chi connectivity index (χ4n) is 1.19. The molecule has 1 heterocycles. The summed E-state index contributed by atoms with van der Waals surface area (Å²) >= 11 is 6.02. The maximum absolute atomic E-state index is 11.7. The Hall–Kier alpha value is -1.43. The van der Waals surface area contributed by atoms with Crippen molar-refractivity contribution in [2.24, 2.45) is 5.92 Å². The summed E-state index contributed by atoms with van der Waals surface area (Å²) < 4.78 is 5.67. The number of rotatable bonds is 5. The highest BCUT2D eigenvalue weighted by molar-refractivity contribution is 6.33. The van der Waals surface area contributed by atoms with Crippen LogP contribution in [-0.4, -0.2) is 18.1 Å². The summed E-state index contributed by atoms with van der Waals surface area (Å²) in [4.78, 5) is 3.78. The van der Waals surface area contributed by atoms with Crippen LogP contribution in [0.2, 0.25) is 5.02 Å². The first-order valence-electron chi connectivity index (χ1n) is 5.42. The van der Waals surface area contributed by atoms with Crippen molar-refractivity contribution in [3.05, 3.63) is 10.2 Å². The van der Waals surface area contributed by atoms with Gasteiger partial charge in [-0.25, -0.2) is 4.73 Å². The van der Waals surface area contributed by atoms with Gasteiger partial charge in [0.25, 0.3) is 5.88 Å². The molecule has 3 N–H and O–H groups in total. The van der Waals surface area contributed by atoms with E-state index in [1.165, 1.54) is 0 Å². The van der Waals surface area contributed by atoms with Crippen LogP contribution in [0.1, 0.15) is 20.8 Å². The van der Waals surface area contributed by atoms with Crippen LogP contribution in [-0.2, 0) is 0 Å². The molecule has 7 heteroatoms. The molecule has 0 spiro atoms. The van der Waals surface area contributed by atoms with Gasteiger partial charge in [-0.2, -0.15) is 0 Å². The minimum atomic E-state index is -0.191. The number of hydrogen-bond acceptors (Lipinski definition) is 5. The molecule has 17 heavy (non-hydrogen) atoms. The molecule has 0 saturated heterocycles. The molecule has 96 valence electrons. The second kappa shape index (κ2) is 5.77. The van der Waals surface area contributed by atoms with Gasteiger partial charge in [0.15, 0.2) is 5.02 Å². The summed E-state index contributed by atoms with van der Waals surface area (Å²) in [6, 6.07) is 0. The lowest BCUT2D eigenvalue weighted by atomic mass is 10.2. The minimum absolute atomic E-state index is 0.150. The molecular weight excluding hydrogens is 244 g/mol. The van der Waals surface area contributed by atoms with Gasteiger partial charge < -0.3 is 21.0 Å². The largest absolute Gasteiger partial charge is 0.754 e. The molecule has 0 radical (unpaired) electrons. The molecule has 0 aliphatic rings. The molecule has 0 fully saturated rings. The first kappa shape index (κ1) is 13.6. The highest BCUT2D eigenvalue weighted by Crippen LogP contribution is 2.28. The first-order valence-corrected chi connectivity index (χ1v) is 5.80. The third kappa shape index (κ3) is 3.26. The third-order valence-electron chi connectivity index (χ3n) is 1.98. The summed E-state index contributed by atoms with van der Waals surface area (Å²) in [7, 11) is 0. The Kier molecular flexibility index (Phi) is 4.62. The van der Waals surface area contributed by atoms with Crippen molar-refractivity contribution < 1.29 is 9.47 Å². The molecule has 1 rings (SSSR count). The second-order valence-electron chi connectivity index (χ2n) is 3.94. The van der Waals surface area contributed by atoms with E-state index in [4.69, 9.17) is 22.1 Å². The van der Waals surface area contributed by atoms with Crippen LogP contribution < -0.4 is 20.5 Å². The highest BCUT2D eigenvalue weighted by Gasteiger charge is 2.19. The Balaban J connectivity index is 3.08. The monoisotopic (exact) mass is 260 g/mol. The lowest BCUT2D eigenvalue weighted by molar-refractivity contribution is -0.577. The van der Waals surface area contributed by atoms with Crippen molar-refractivity contribution in [3.8, 4) is 5.88 Å². The van der Waals surface area contributed by atoms with Crippen LogP contribution in [0.4, 0.5) is 11.8 Å². The van der Waals surface area contributed by atoms with E-state index in [0.717, 1.165) is 0 Å². The Morgan fingerprint density at radius 3 is 2.76 bits per heavy atom. The summed E-state index contributed by atoms with van der Waals surface area (Å²) in [5, 5.41) is 14.8. The van der Waals surface area contributed by atoms with Gasteiger partial charge in [-0.1, -0.05) is 30.4 Å². The van der Waals surface area contributed by atoms with Crippen molar-refractivity contribution in [1.82, 2.24) is 4.98 Å². The van der Waals surface area contributed by atoms with Crippen LogP contribution in [0.15, 0.2) is 0 Å². The molecular formula is C10H17ClN4O2. The number of nitrogens with zero attached hydrogens (tertiary/aromatic N) is 2. The van der Waals surface area contributed by atoms with Gasteiger partial charge >= 0.3 is 5.95 Å². The van der Waals surface area contributed by atoms with E-state index in [1.807, 2.05) is 13.8 Å². The van der Waals surface area contributed by atoms with Gasteiger partial charge in [-0.15, -0.1) is 0 Å². The van der Waals surface area contributed by atoms with E-state index in [9.17, 15) is 5.21 Å². The molecule has 1 aromatic heterocycles. The number of nitrogens with two attached hydrogens (primary N) is 1.